The molecule has 0 bridgehead atoms. The van der Waals surface area contributed by atoms with Gasteiger partial charge in [-0.05, 0) is 13.3 Å². The van der Waals surface area contributed by atoms with Crippen molar-refractivity contribution in [3.8, 4) is 11.8 Å². The SMILES string of the molecule is CC#CCNCC(=O)NCCC. The maximum absolute atomic E-state index is 10.9. The van der Waals surface area contributed by atoms with Crippen molar-refractivity contribution >= 4 is 5.91 Å². The van der Waals surface area contributed by atoms with Crippen LogP contribution in [0.3, 0.4) is 0 Å². The maximum atomic E-state index is 10.9. The highest BCUT2D eigenvalue weighted by Gasteiger charge is 1.95. The second kappa shape index (κ2) is 8.09. The van der Waals surface area contributed by atoms with Gasteiger partial charge in [-0.1, -0.05) is 12.8 Å². The summed E-state index contributed by atoms with van der Waals surface area (Å²) in [4.78, 5) is 10.9. The van der Waals surface area contributed by atoms with Crippen LogP contribution < -0.4 is 10.6 Å². The van der Waals surface area contributed by atoms with Gasteiger partial charge in [-0.2, -0.15) is 0 Å². The molecule has 0 heterocycles. The van der Waals surface area contributed by atoms with Crippen LogP contribution in [-0.2, 0) is 4.79 Å². The Morgan fingerprint density at radius 3 is 2.83 bits per heavy atom. The minimum atomic E-state index is 0.0368. The average Bonchev–Trinajstić information content (AvgIpc) is 2.09. The van der Waals surface area contributed by atoms with Crippen molar-refractivity contribution < 1.29 is 4.79 Å². The lowest BCUT2D eigenvalue weighted by Gasteiger charge is -2.02. The molecule has 0 fully saturated rings. The van der Waals surface area contributed by atoms with Gasteiger partial charge < -0.3 is 5.32 Å². The van der Waals surface area contributed by atoms with Gasteiger partial charge in [-0.3, -0.25) is 10.1 Å². The van der Waals surface area contributed by atoms with E-state index >= 15 is 0 Å². The summed E-state index contributed by atoms with van der Waals surface area (Å²) in [6.45, 7) is 5.49. The lowest BCUT2D eigenvalue weighted by atomic mass is 10.4. The molecule has 68 valence electrons. The lowest BCUT2D eigenvalue weighted by Crippen LogP contribution is -2.34. The third kappa shape index (κ3) is 7.10. The highest BCUT2D eigenvalue weighted by atomic mass is 16.1. The molecule has 0 aliphatic carbocycles. The maximum Gasteiger partial charge on any atom is 0.233 e. The van der Waals surface area contributed by atoms with Crippen LogP contribution in [0.1, 0.15) is 20.3 Å². The molecule has 2 N–H and O–H groups in total. The second-order valence-electron chi connectivity index (χ2n) is 2.38. The third-order valence-electron chi connectivity index (χ3n) is 1.25. The molecule has 0 aromatic rings. The monoisotopic (exact) mass is 168 g/mol. The van der Waals surface area contributed by atoms with E-state index in [1.165, 1.54) is 0 Å². The number of hydrogen-bond acceptors (Lipinski definition) is 2. The van der Waals surface area contributed by atoms with Crippen LogP contribution in [0.4, 0.5) is 0 Å². The molecule has 0 aliphatic heterocycles. The van der Waals surface area contributed by atoms with E-state index in [1.54, 1.807) is 6.92 Å². The van der Waals surface area contributed by atoms with Crippen LogP contribution in [0.5, 0.6) is 0 Å². The molecule has 0 saturated carbocycles. The van der Waals surface area contributed by atoms with Gasteiger partial charge in [0.15, 0.2) is 0 Å². The Morgan fingerprint density at radius 1 is 1.50 bits per heavy atom. The van der Waals surface area contributed by atoms with Gasteiger partial charge in [0.25, 0.3) is 0 Å². The van der Waals surface area contributed by atoms with Crippen LogP contribution in [0.15, 0.2) is 0 Å². The van der Waals surface area contributed by atoms with Crippen molar-refractivity contribution in [3.05, 3.63) is 0 Å². The molecule has 0 atom stereocenters. The van der Waals surface area contributed by atoms with E-state index in [1.807, 2.05) is 6.92 Å². The largest absolute Gasteiger partial charge is 0.355 e. The zero-order valence-electron chi connectivity index (χ0n) is 7.74. The molecular weight excluding hydrogens is 152 g/mol. The fraction of sp³-hybridized carbons (Fsp3) is 0.667. The van der Waals surface area contributed by atoms with Gasteiger partial charge in [0.05, 0.1) is 13.1 Å². The van der Waals surface area contributed by atoms with Gasteiger partial charge in [0.1, 0.15) is 0 Å². The summed E-state index contributed by atoms with van der Waals surface area (Å²) in [5.74, 6) is 5.60. The predicted octanol–water partition coefficient (Wildman–Crippen LogP) is 0.125. The lowest BCUT2D eigenvalue weighted by molar-refractivity contribution is -0.120. The molecule has 1 amide bonds. The normalized spacial score (nSPS) is 8.50. The molecule has 0 rings (SSSR count). The molecule has 0 aromatic heterocycles. The molecule has 12 heavy (non-hydrogen) atoms. The molecule has 0 saturated heterocycles. The Balaban J connectivity index is 3.23. The first kappa shape index (κ1) is 11.0. The molecule has 0 spiro atoms. The molecule has 0 aliphatic rings. The number of nitrogens with one attached hydrogen (secondary N) is 2. The summed E-state index contributed by atoms with van der Waals surface area (Å²) >= 11 is 0. The summed E-state index contributed by atoms with van der Waals surface area (Å²) in [5.41, 5.74) is 0. The van der Waals surface area contributed by atoms with E-state index in [2.05, 4.69) is 22.5 Å². The predicted molar refractivity (Wildman–Crippen MR) is 49.6 cm³/mol. The summed E-state index contributed by atoms with van der Waals surface area (Å²) in [5, 5.41) is 5.67. The number of amides is 1. The van der Waals surface area contributed by atoms with Gasteiger partial charge in [0.2, 0.25) is 5.91 Å². The Morgan fingerprint density at radius 2 is 2.25 bits per heavy atom. The Bertz CT molecular complexity index is 179. The molecule has 3 heteroatoms. The summed E-state index contributed by atoms with van der Waals surface area (Å²) in [7, 11) is 0. The molecule has 0 unspecified atom stereocenters. The van der Waals surface area contributed by atoms with Gasteiger partial charge in [-0.25, -0.2) is 0 Å². The van der Waals surface area contributed by atoms with Crippen LogP contribution in [0, 0.1) is 11.8 Å². The van der Waals surface area contributed by atoms with Crippen molar-refractivity contribution in [3.63, 3.8) is 0 Å². The quantitative estimate of drug-likeness (QED) is 0.452. The number of carbonyl (C=O) groups is 1. The zero-order valence-corrected chi connectivity index (χ0v) is 7.74. The molecule has 0 radical (unpaired) electrons. The van der Waals surface area contributed by atoms with Crippen LogP contribution in [0.25, 0.3) is 0 Å². The number of hydrogen-bond donors (Lipinski definition) is 2. The minimum Gasteiger partial charge on any atom is -0.355 e. The van der Waals surface area contributed by atoms with Crippen molar-refractivity contribution in [1.29, 1.82) is 0 Å². The Labute approximate surface area is 73.9 Å². The summed E-state index contributed by atoms with van der Waals surface area (Å²) < 4.78 is 0. The van der Waals surface area contributed by atoms with E-state index in [0.717, 1.165) is 13.0 Å². The highest BCUT2D eigenvalue weighted by molar-refractivity contribution is 5.77. The fourth-order valence-corrected chi connectivity index (χ4v) is 0.654. The number of rotatable bonds is 5. The fourth-order valence-electron chi connectivity index (χ4n) is 0.654. The van der Waals surface area contributed by atoms with E-state index in [0.29, 0.717) is 13.1 Å². The van der Waals surface area contributed by atoms with E-state index in [4.69, 9.17) is 0 Å². The summed E-state index contributed by atoms with van der Waals surface area (Å²) in [6, 6.07) is 0. The zero-order chi connectivity index (χ0) is 9.23. The van der Waals surface area contributed by atoms with Gasteiger partial charge >= 0.3 is 0 Å². The molecular formula is C9H16N2O. The molecule has 3 nitrogen and oxygen atoms in total. The van der Waals surface area contributed by atoms with E-state index < -0.39 is 0 Å². The number of carbonyl (C=O) groups excluding carboxylic acids is 1. The standard InChI is InChI=1S/C9H16N2O/c1-3-5-7-10-8-9(12)11-6-4-2/h10H,4,6-8H2,1-2H3,(H,11,12). The highest BCUT2D eigenvalue weighted by Crippen LogP contribution is 1.70. The van der Waals surface area contributed by atoms with Crippen molar-refractivity contribution in [2.75, 3.05) is 19.6 Å². The average molecular weight is 168 g/mol. The minimum absolute atomic E-state index is 0.0368. The van der Waals surface area contributed by atoms with Crippen LogP contribution in [0.2, 0.25) is 0 Å². The first-order valence-corrected chi connectivity index (χ1v) is 4.18. The van der Waals surface area contributed by atoms with Crippen molar-refractivity contribution in [2.45, 2.75) is 20.3 Å². The van der Waals surface area contributed by atoms with Crippen LogP contribution in [-0.4, -0.2) is 25.5 Å². The van der Waals surface area contributed by atoms with E-state index in [-0.39, 0.29) is 5.91 Å². The second-order valence-corrected chi connectivity index (χ2v) is 2.38. The van der Waals surface area contributed by atoms with Gasteiger partial charge in [0, 0.05) is 6.54 Å². The van der Waals surface area contributed by atoms with Crippen LogP contribution >= 0.6 is 0 Å². The third-order valence-corrected chi connectivity index (χ3v) is 1.25. The smallest absolute Gasteiger partial charge is 0.233 e. The first-order valence-electron chi connectivity index (χ1n) is 4.18. The first-order chi connectivity index (χ1) is 5.81. The van der Waals surface area contributed by atoms with Crippen molar-refractivity contribution in [2.24, 2.45) is 0 Å². The van der Waals surface area contributed by atoms with Crippen molar-refractivity contribution in [1.82, 2.24) is 10.6 Å². The Kier molecular flexibility index (Phi) is 7.41. The molecule has 0 aromatic carbocycles. The van der Waals surface area contributed by atoms with E-state index in [9.17, 15) is 4.79 Å². The summed E-state index contributed by atoms with van der Waals surface area (Å²) in [6.07, 6.45) is 0.973. The Hall–Kier alpha value is -1.01. The topological polar surface area (TPSA) is 41.1 Å². The van der Waals surface area contributed by atoms with Gasteiger partial charge in [-0.15, -0.1) is 5.92 Å².